The molecule has 3 saturated carbocycles. The van der Waals surface area contributed by atoms with E-state index in [-0.39, 0.29) is 24.0 Å². The molecule has 4 fully saturated rings. The first-order chi connectivity index (χ1) is 22.9. The average molecular weight is 644 g/mol. The molecular weight excluding hydrogens is 598 g/mol. The van der Waals surface area contributed by atoms with Crippen molar-refractivity contribution in [1.29, 1.82) is 0 Å². The summed E-state index contributed by atoms with van der Waals surface area (Å²) in [5.41, 5.74) is 3.71. The van der Waals surface area contributed by atoms with Gasteiger partial charge in [-0.2, -0.15) is 0 Å². The van der Waals surface area contributed by atoms with Crippen molar-refractivity contribution in [2.24, 2.45) is 11.8 Å². The predicted molar refractivity (Wildman–Crippen MR) is 174 cm³/mol. The van der Waals surface area contributed by atoms with Crippen LogP contribution in [0.2, 0.25) is 0 Å². The summed E-state index contributed by atoms with van der Waals surface area (Å²) < 4.78 is 22.0. The van der Waals surface area contributed by atoms with E-state index in [1.54, 1.807) is 19.6 Å². The minimum Gasteiger partial charge on any atom is -0.495 e. The van der Waals surface area contributed by atoms with Crippen molar-refractivity contribution in [3.8, 4) is 17.0 Å². The number of ether oxygens (including phenoxy) is 3. The summed E-state index contributed by atoms with van der Waals surface area (Å²) in [6, 6.07) is 8.04. The van der Waals surface area contributed by atoms with Gasteiger partial charge in [-0.1, -0.05) is 0 Å². The van der Waals surface area contributed by atoms with E-state index < -0.39 is 6.09 Å². The number of methoxy groups -OCH3 is 1. The number of carbonyl (C=O) groups is 2. The molecule has 0 atom stereocenters. The van der Waals surface area contributed by atoms with Gasteiger partial charge in [0.2, 0.25) is 5.91 Å². The lowest BCUT2D eigenvalue weighted by molar-refractivity contribution is -0.124. The van der Waals surface area contributed by atoms with Crippen LogP contribution in [0.1, 0.15) is 93.3 Å². The fraction of sp³-hybridized carbons (Fsp3) is 0.583. The number of nitrogens with zero attached hydrogens (tertiary/aromatic N) is 4. The van der Waals surface area contributed by atoms with Crippen molar-refractivity contribution < 1.29 is 28.2 Å². The molecule has 3 aliphatic carbocycles. The molecule has 4 aliphatic rings. The summed E-state index contributed by atoms with van der Waals surface area (Å²) in [6.07, 6.45) is 11.9. The third-order valence-electron chi connectivity index (χ3n) is 10.3. The van der Waals surface area contributed by atoms with Crippen LogP contribution in [0.4, 0.5) is 10.6 Å². The van der Waals surface area contributed by atoms with Gasteiger partial charge in [-0.15, -0.1) is 0 Å². The van der Waals surface area contributed by atoms with Crippen LogP contribution in [-0.2, 0) is 14.3 Å². The van der Waals surface area contributed by atoms with Crippen LogP contribution in [0, 0.1) is 18.8 Å². The number of anilines is 1. The number of hydrogen-bond donors (Lipinski definition) is 1. The molecule has 11 heteroatoms. The van der Waals surface area contributed by atoms with E-state index in [1.165, 1.54) is 0 Å². The molecule has 0 spiro atoms. The Morgan fingerprint density at radius 2 is 1.72 bits per heavy atom. The SMILES string of the molecule is COc1ccc([C@H]2CC[C@H](CN(c3cc(-c4coc(C5CC5)n4)ccn3)C(=O)[C@H]3CC[C@H](OC(=O)NC4COC4)CC3)CC2)nc1C. The summed E-state index contributed by atoms with van der Waals surface area (Å²) in [4.78, 5) is 42.8. The smallest absolute Gasteiger partial charge is 0.407 e. The molecule has 7 rings (SSSR count). The second-order valence-electron chi connectivity index (χ2n) is 13.7. The Bertz CT molecular complexity index is 1550. The maximum Gasteiger partial charge on any atom is 0.407 e. The molecule has 0 radical (unpaired) electrons. The van der Waals surface area contributed by atoms with Gasteiger partial charge in [0.05, 0.1) is 32.1 Å². The number of hydrogen-bond acceptors (Lipinski definition) is 9. The van der Waals surface area contributed by atoms with E-state index in [1.807, 2.05) is 30.0 Å². The van der Waals surface area contributed by atoms with Crippen LogP contribution in [0.3, 0.4) is 0 Å². The molecule has 0 bridgehead atoms. The molecule has 0 aromatic carbocycles. The van der Waals surface area contributed by atoms with Crippen molar-refractivity contribution in [1.82, 2.24) is 20.3 Å². The highest BCUT2D eigenvalue weighted by Gasteiger charge is 2.35. The Kier molecular flexibility index (Phi) is 9.42. The van der Waals surface area contributed by atoms with E-state index in [9.17, 15) is 9.59 Å². The first-order valence-electron chi connectivity index (χ1n) is 17.2. The molecule has 3 aromatic heterocycles. The fourth-order valence-electron chi connectivity index (χ4n) is 7.19. The number of aryl methyl sites for hydroxylation is 1. The van der Waals surface area contributed by atoms with E-state index in [0.717, 1.165) is 72.8 Å². The molecule has 0 unspecified atom stereocenters. The normalized spacial score (nSPS) is 24.6. The molecule has 1 aliphatic heterocycles. The predicted octanol–water partition coefficient (Wildman–Crippen LogP) is 6.32. The zero-order valence-corrected chi connectivity index (χ0v) is 27.4. The van der Waals surface area contributed by atoms with Crippen LogP contribution in [-0.4, -0.2) is 66.0 Å². The Hall–Kier alpha value is -3.99. The van der Waals surface area contributed by atoms with Crippen molar-refractivity contribution >= 4 is 17.8 Å². The van der Waals surface area contributed by atoms with Gasteiger partial charge in [-0.3, -0.25) is 14.7 Å². The van der Waals surface area contributed by atoms with E-state index in [4.69, 9.17) is 33.6 Å². The highest BCUT2D eigenvalue weighted by molar-refractivity contribution is 5.94. The Labute approximate surface area is 275 Å². The van der Waals surface area contributed by atoms with Crippen LogP contribution in [0.15, 0.2) is 41.1 Å². The third kappa shape index (κ3) is 7.45. The minimum atomic E-state index is -0.399. The quantitative estimate of drug-likeness (QED) is 0.270. The molecule has 2 amide bonds. The molecule has 1 N–H and O–H groups in total. The van der Waals surface area contributed by atoms with Gasteiger partial charge in [0.25, 0.3) is 0 Å². The number of alkyl carbamates (subject to hydrolysis) is 1. The summed E-state index contributed by atoms with van der Waals surface area (Å²) in [5, 5.41) is 2.84. The number of aromatic nitrogens is 3. The maximum atomic E-state index is 14.3. The summed E-state index contributed by atoms with van der Waals surface area (Å²) in [5.74, 6) is 3.38. The number of oxazole rings is 1. The Morgan fingerprint density at radius 3 is 2.40 bits per heavy atom. The van der Waals surface area contributed by atoms with Crippen LogP contribution in [0.5, 0.6) is 5.75 Å². The number of nitrogens with one attached hydrogen (secondary N) is 1. The van der Waals surface area contributed by atoms with Gasteiger partial charge in [0.15, 0.2) is 5.89 Å². The van der Waals surface area contributed by atoms with E-state index in [0.29, 0.717) is 69.0 Å². The second-order valence-corrected chi connectivity index (χ2v) is 13.7. The molecule has 11 nitrogen and oxygen atoms in total. The lowest BCUT2D eigenvalue weighted by Crippen LogP contribution is -2.49. The fourth-order valence-corrected chi connectivity index (χ4v) is 7.19. The number of rotatable bonds is 10. The largest absolute Gasteiger partial charge is 0.495 e. The standard InChI is InChI=1S/C36H45N5O6/c1-22-32(44-2)14-13-30(38-22)24-5-3-23(4-6-24)18-41(33-17-27(15-16-37-33)31-21-46-34(40-31)25-7-8-25)35(42)26-9-11-29(12-10-26)47-36(43)39-28-19-45-20-28/h13-17,21,23-26,28-29H,3-12,18-20H2,1-2H3,(H,39,43)/t23-,24-,26-,29-. The molecule has 4 heterocycles. The Morgan fingerprint density at radius 1 is 0.957 bits per heavy atom. The minimum absolute atomic E-state index is 0.0291. The molecule has 47 heavy (non-hydrogen) atoms. The molecule has 1 saturated heterocycles. The van der Waals surface area contributed by atoms with Crippen LogP contribution < -0.4 is 15.0 Å². The number of amides is 2. The monoisotopic (exact) mass is 643 g/mol. The summed E-state index contributed by atoms with van der Waals surface area (Å²) in [6.45, 7) is 3.66. The maximum absolute atomic E-state index is 14.3. The van der Waals surface area contributed by atoms with E-state index in [2.05, 4.69) is 11.4 Å². The van der Waals surface area contributed by atoms with Crippen molar-refractivity contribution in [2.45, 2.75) is 95.1 Å². The molecule has 3 aromatic rings. The second kappa shape index (κ2) is 14.0. The van der Waals surface area contributed by atoms with Gasteiger partial charge in [0, 0.05) is 41.8 Å². The highest BCUT2D eigenvalue weighted by Crippen LogP contribution is 2.41. The summed E-state index contributed by atoms with van der Waals surface area (Å²) >= 11 is 0. The Balaban J connectivity index is 1.03. The highest BCUT2D eigenvalue weighted by atomic mass is 16.6. The van der Waals surface area contributed by atoms with Gasteiger partial charge < -0.3 is 23.9 Å². The van der Waals surface area contributed by atoms with Crippen molar-refractivity contribution in [3.63, 3.8) is 0 Å². The zero-order chi connectivity index (χ0) is 32.3. The summed E-state index contributed by atoms with van der Waals surface area (Å²) in [7, 11) is 1.68. The average Bonchev–Trinajstić information content (AvgIpc) is 3.81. The van der Waals surface area contributed by atoms with Gasteiger partial charge >= 0.3 is 6.09 Å². The number of pyridine rings is 2. The lowest BCUT2D eigenvalue weighted by Gasteiger charge is -2.35. The van der Waals surface area contributed by atoms with Gasteiger partial charge in [-0.05, 0) is 101 Å². The molecule has 250 valence electrons. The first-order valence-corrected chi connectivity index (χ1v) is 17.2. The zero-order valence-electron chi connectivity index (χ0n) is 27.4. The van der Waals surface area contributed by atoms with Crippen LogP contribution in [0.25, 0.3) is 11.3 Å². The van der Waals surface area contributed by atoms with Crippen LogP contribution >= 0.6 is 0 Å². The molecular formula is C36H45N5O6. The topological polar surface area (TPSA) is 129 Å². The van der Waals surface area contributed by atoms with Crippen molar-refractivity contribution in [3.05, 3.63) is 54.0 Å². The third-order valence-corrected chi connectivity index (χ3v) is 10.3. The van der Waals surface area contributed by atoms with Gasteiger partial charge in [-0.25, -0.2) is 14.8 Å². The van der Waals surface area contributed by atoms with Gasteiger partial charge in [0.1, 0.15) is 29.6 Å². The lowest BCUT2D eigenvalue weighted by atomic mass is 9.79. The number of carbonyl (C=O) groups excluding carboxylic acids is 2. The first kappa shape index (κ1) is 31.6. The van der Waals surface area contributed by atoms with Crippen molar-refractivity contribution in [2.75, 3.05) is 31.8 Å². The van der Waals surface area contributed by atoms with E-state index >= 15 is 0 Å².